The first-order valence-corrected chi connectivity index (χ1v) is 11.3. The molecule has 0 aromatic heterocycles. The predicted molar refractivity (Wildman–Crippen MR) is 123 cm³/mol. The van der Waals surface area contributed by atoms with Crippen LogP contribution < -0.4 is 0 Å². The molecule has 2 aromatic carbocycles. The van der Waals surface area contributed by atoms with Crippen LogP contribution in [-0.2, 0) is 16.0 Å². The summed E-state index contributed by atoms with van der Waals surface area (Å²) in [6.45, 7) is 4.74. The van der Waals surface area contributed by atoms with Gasteiger partial charge in [0.15, 0.2) is 0 Å². The van der Waals surface area contributed by atoms with E-state index in [9.17, 15) is 14.6 Å². The highest BCUT2D eigenvalue weighted by Gasteiger charge is 2.46. The highest BCUT2D eigenvalue weighted by atomic mass is 16.2. The predicted octanol–water partition coefficient (Wildman–Crippen LogP) is 3.48. The molecule has 1 N–H and O–H groups in total. The van der Waals surface area contributed by atoms with Gasteiger partial charge in [0.2, 0.25) is 11.8 Å². The van der Waals surface area contributed by atoms with E-state index in [-0.39, 0.29) is 29.7 Å². The third-order valence-corrected chi connectivity index (χ3v) is 6.98. The molecule has 0 spiro atoms. The van der Waals surface area contributed by atoms with E-state index in [0.29, 0.717) is 0 Å². The van der Waals surface area contributed by atoms with E-state index in [1.165, 1.54) is 16.7 Å². The van der Waals surface area contributed by atoms with Crippen LogP contribution in [0.5, 0.6) is 0 Å². The van der Waals surface area contributed by atoms with Crippen LogP contribution in [0.25, 0.3) is 11.1 Å². The summed E-state index contributed by atoms with van der Waals surface area (Å²) in [6.07, 6.45) is 3.24. The molecule has 2 fully saturated rings. The molecule has 2 aliphatic heterocycles. The molecular formula is C25H31BN2O3. The summed E-state index contributed by atoms with van der Waals surface area (Å²) in [4.78, 5) is 28.4. The Morgan fingerprint density at radius 2 is 1.65 bits per heavy atom. The van der Waals surface area contributed by atoms with Crippen LogP contribution in [0.2, 0.25) is 6.82 Å². The summed E-state index contributed by atoms with van der Waals surface area (Å²) in [5.74, 6) is 0.410. The van der Waals surface area contributed by atoms with Crippen molar-refractivity contribution in [2.75, 3.05) is 13.1 Å². The molecule has 2 heterocycles. The van der Waals surface area contributed by atoms with Gasteiger partial charge in [-0.05, 0) is 55.1 Å². The molecule has 2 atom stereocenters. The maximum Gasteiger partial charge on any atom is 0.411 e. The molecule has 1 unspecified atom stereocenters. The van der Waals surface area contributed by atoms with E-state index in [1.807, 2.05) is 23.1 Å². The van der Waals surface area contributed by atoms with Crippen LogP contribution in [0, 0.1) is 11.8 Å². The third kappa shape index (κ3) is 4.69. The first kappa shape index (κ1) is 21.6. The zero-order valence-corrected chi connectivity index (χ0v) is 18.4. The molecule has 6 heteroatoms. The Hall–Kier alpha value is -2.60. The molecule has 0 radical (unpaired) electrons. The molecule has 0 bridgehead atoms. The molecule has 0 saturated carbocycles. The van der Waals surface area contributed by atoms with Crippen molar-refractivity contribution in [2.45, 2.75) is 45.5 Å². The van der Waals surface area contributed by atoms with Gasteiger partial charge in [0.05, 0.1) is 0 Å². The smallest absolute Gasteiger partial charge is 0.411 e. The Kier molecular flexibility index (Phi) is 6.47. The molecule has 2 aromatic rings. The van der Waals surface area contributed by atoms with E-state index in [0.717, 1.165) is 38.8 Å². The summed E-state index contributed by atoms with van der Waals surface area (Å²) in [5.41, 5.74) is 3.54. The molecule has 4 rings (SSSR count). The minimum Gasteiger partial charge on any atom is -0.432 e. The van der Waals surface area contributed by atoms with Crippen LogP contribution in [0.3, 0.4) is 0 Å². The fourth-order valence-electron chi connectivity index (χ4n) is 5.30. The van der Waals surface area contributed by atoms with Gasteiger partial charge < -0.3 is 14.7 Å². The van der Waals surface area contributed by atoms with Crippen molar-refractivity contribution in [1.29, 1.82) is 0 Å². The van der Waals surface area contributed by atoms with Crippen LogP contribution in [-0.4, -0.2) is 52.7 Å². The molecule has 162 valence electrons. The second-order valence-electron chi connectivity index (χ2n) is 8.98. The maximum absolute atomic E-state index is 13.2. The number of amides is 2. The van der Waals surface area contributed by atoms with Crippen LogP contribution in [0.1, 0.15) is 31.7 Å². The van der Waals surface area contributed by atoms with Gasteiger partial charge >= 0.3 is 7.05 Å². The first-order valence-electron chi connectivity index (χ1n) is 11.3. The number of nitrogens with zero attached hydrogens (tertiary/aromatic N) is 2. The topological polar surface area (TPSA) is 60.9 Å². The third-order valence-electron chi connectivity index (χ3n) is 6.98. The summed E-state index contributed by atoms with van der Waals surface area (Å²) in [5, 5.41) is 10.3. The van der Waals surface area contributed by atoms with Crippen LogP contribution in [0.4, 0.5) is 0 Å². The molecule has 0 aliphatic carbocycles. The number of benzene rings is 2. The normalized spacial score (nSPS) is 22.1. The van der Waals surface area contributed by atoms with Crippen molar-refractivity contribution < 1.29 is 14.6 Å². The highest BCUT2D eigenvalue weighted by molar-refractivity contribution is 6.49. The van der Waals surface area contributed by atoms with E-state index in [2.05, 4.69) is 36.4 Å². The van der Waals surface area contributed by atoms with Crippen molar-refractivity contribution in [3.8, 4) is 11.1 Å². The number of hydrogen-bond acceptors (Lipinski definition) is 3. The monoisotopic (exact) mass is 418 g/mol. The quantitative estimate of drug-likeness (QED) is 0.757. The van der Waals surface area contributed by atoms with Gasteiger partial charge in [-0.1, -0.05) is 54.6 Å². The minimum atomic E-state index is -0.789. The van der Waals surface area contributed by atoms with E-state index in [4.69, 9.17) is 0 Å². The average Bonchev–Trinajstić information content (AvgIpc) is 3.10. The lowest BCUT2D eigenvalue weighted by molar-refractivity contribution is -0.132. The minimum absolute atomic E-state index is 0.00547. The Morgan fingerprint density at radius 1 is 1.03 bits per heavy atom. The van der Waals surface area contributed by atoms with Gasteiger partial charge in [0, 0.05) is 32.0 Å². The maximum atomic E-state index is 13.2. The molecule has 31 heavy (non-hydrogen) atoms. The van der Waals surface area contributed by atoms with Gasteiger partial charge in [0.1, 0.15) is 0 Å². The highest BCUT2D eigenvalue weighted by Crippen LogP contribution is 2.37. The summed E-state index contributed by atoms with van der Waals surface area (Å²) >= 11 is 0. The largest absolute Gasteiger partial charge is 0.432 e. The van der Waals surface area contributed by atoms with Crippen LogP contribution >= 0.6 is 0 Å². The lowest BCUT2D eigenvalue weighted by Gasteiger charge is -2.33. The molecular weight excluding hydrogens is 387 g/mol. The summed E-state index contributed by atoms with van der Waals surface area (Å²) in [7, 11) is -0.789. The molecule has 2 amide bonds. The summed E-state index contributed by atoms with van der Waals surface area (Å²) in [6, 6.07) is 18.8. The molecule has 2 saturated heterocycles. The Balaban J connectivity index is 1.45. The second kappa shape index (κ2) is 9.27. The van der Waals surface area contributed by atoms with Crippen LogP contribution in [0.15, 0.2) is 54.6 Å². The number of hydrogen-bond donors (Lipinski definition) is 1. The van der Waals surface area contributed by atoms with Gasteiger partial charge in [-0.25, -0.2) is 0 Å². The number of likely N-dealkylation sites (tertiary alicyclic amines) is 1. The Bertz CT molecular complexity index is 908. The summed E-state index contributed by atoms with van der Waals surface area (Å²) < 4.78 is 0. The van der Waals surface area contributed by atoms with Gasteiger partial charge in [0.25, 0.3) is 0 Å². The molecule has 5 nitrogen and oxygen atoms in total. The fourth-order valence-corrected chi connectivity index (χ4v) is 5.30. The van der Waals surface area contributed by atoms with Crippen molar-refractivity contribution in [3.05, 3.63) is 60.2 Å². The zero-order chi connectivity index (χ0) is 22.0. The Labute approximate surface area is 185 Å². The number of carbonyl (C=O) groups is 2. The number of piperidine rings is 1. The number of rotatable bonds is 5. The standard InChI is InChI=1S/C25H31BN2O3/c1-18(29)27-14-12-22(13-15-27)24-17-23(28(25(24)30)26(2)31)16-19-8-10-21(11-9-19)20-6-4-3-5-7-20/h3-11,22-24,31H,12-17H2,1-2H3/t23-,24?/m1/s1. The second-order valence-corrected chi connectivity index (χ2v) is 8.98. The van der Waals surface area contributed by atoms with Gasteiger partial charge in [-0.15, -0.1) is 0 Å². The first-order chi connectivity index (χ1) is 14.9. The van der Waals surface area contributed by atoms with E-state index in [1.54, 1.807) is 18.6 Å². The lowest BCUT2D eigenvalue weighted by atomic mass is 9.81. The van der Waals surface area contributed by atoms with Crippen molar-refractivity contribution in [3.63, 3.8) is 0 Å². The van der Waals surface area contributed by atoms with Crippen molar-refractivity contribution >= 4 is 18.9 Å². The van der Waals surface area contributed by atoms with Gasteiger partial charge in [-0.3, -0.25) is 9.59 Å². The van der Waals surface area contributed by atoms with E-state index < -0.39 is 7.05 Å². The van der Waals surface area contributed by atoms with Crippen molar-refractivity contribution in [2.24, 2.45) is 11.8 Å². The molecule has 2 aliphatic rings. The zero-order valence-electron chi connectivity index (χ0n) is 18.4. The lowest BCUT2D eigenvalue weighted by Crippen LogP contribution is -2.46. The average molecular weight is 418 g/mol. The number of carbonyl (C=O) groups excluding carboxylic acids is 2. The fraction of sp³-hybridized carbons (Fsp3) is 0.440. The van der Waals surface area contributed by atoms with Gasteiger partial charge in [-0.2, -0.15) is 0 Å². The van der Waals surface area contributed by atoms with E-state index >= 15 is 0 Å². The van der Waals surface area contributed by atoms with Crippen molar-refractivity contribution in [1.82, 2.24) is 9.71 Å². The Morgan fingerprint density at radius 3 is 2.23 bits per heavy atom. The SMILES string of the molecule is CB(O)N1C(=O)C(C2CCN(C(C)=O)CC2)C[C@H]1Cc1ccc(-c2ccccc2)cc1.